The maximum Gasteiger partial charge on any atom is 0.405 e. The van der Waals surface area contributed by atoms with Gasteiger partial charge < -0.3 is 10.6 Å². The van der Waals surface area contributed by atoms with E-state index in [1.165, 1.54) is 17.6 Å². The van der Waals surface area contributed by atoms with Gasteiger partial charge >= 0.3 is 12.2 Å². The molecule has 26 heavy (non-hydrogen) atoms. The molecule has 1 aliphatic carbocycles. The van der Waals surface area contributed by atoms with Gasteiger partial charge in [-0.05, 0) is 18.9 Å². The normalized spacial score (nSPS) is 16.6. The Morgan fingerprint density at radius 2 is 1.85 bits per heavy atom. The Morgan fingerprint density at radius 3 is 2.46 bits per heavy atom. The lowest BCUT2D eigenvalue weighted by Gasteiger charge is -2.20. The monoisotopic (exact) mass is 394 g/mol. The molecule has 0 atom stereocenters. The Labute approximate surface area is 149 Å². The Balaban J connectivity index is 2.09. The van der Waals surface area contributed by atoms with Crippen molar-refractivity contribution in [2.75, 3.05) is 11.9 Å². The van der Waals surface area contributed by atoms with Gasteiger partial charge in [-0.2, -0.15) is 13.2 Å². The lowest BCUT2D eigenvalue weighted by molar-refractivity contribution is -0.122. The van der Waals surface area contributed by atoms with Crippen molar-refractivity contribution in [1.82, 2.24) is 15.0 Å². The van der Waals surface area contributed by atoms with Crippen LogP contribution in [-0.2, 0) is 10.0 Å². The number of sulfonamides is 1. The molecule has 1 aromatic heterocycles. The zero-order valence-corrected chi connectivity index (χ0v) is 14.8. The first-order valence-electron chi connectivity index (χ1n) is 8.25. The summed E-state index contributed by atoms with van der Waals surface area (Å²) in [6.07, 6.45) is 3.91. The molecule has 11 heteroatoms. The number of alkyl halides is 3. The van der Waals surface area contributed by atoms with Crippen LogP contribution < -0.4 is 15.4 Å². The van der Waals surface area contributed by atoms with Crippen molar-refractivity contribution in [3.05, 3.63) is 18.5 Å². The molecule has 0 spiro atoms. The molecule has 1 aromatic rings. The molecule has 1 heterocycles. The molecule has 146 valence electrons. The molecule has 0 radical (unpaired) electrons. The second-order valence-corrected chi connectivity index (χ2v) is 7.76. The maximum atomic E-state index is 12.4. The summed E-state index contributed by atoms with van der Waals surface area (Å²) in [5.41, 5.74) is 0.267. The van der Waals surface area contributed by atoms with E-state index < -0.39 is 28.8 Å². The number of hydrogen-bond donors (Lipinski definition) is 3. The fourth-order valence-corrected chi connectivity index (χ4v) is 3.79. The minimum absolute atomic E-state index is 0.0907. The number of halogens is 3. The van der Waals surface area contributed by atoms with Crippen LogP contribution in [0.5, 0.6) is 0 Å². The quantitative estimate of drug-likeness (QED) is 0.667. The van der Waals surface area contributed by atoms with E-state index in [9.17, 15) is 26.4 Å². The van der Waals surface area contributed by atoms with Crippen LogP contribution in [0, 0.1) is 0 Å². The van der Waals surface area contributed by atoms with Crippen molar-refractivity contribution in [3.8, 4) is 0 Å². The number of carbonyl (C=O) groups is 1. The van der Waals surface area contributed by atoms with Gasteiger partial charge in [0.05, 0.1) is 5.69 Å². The highest BCUT2D eigenvalue weighted by Gasteiger charge is 2.29. The second kappa shape index (κ2) is 8.56. The molecule has 0 aromatic carbocycles. The highest BCUT2D eigenvalue weighted by atomic mass is 32.2. The van der Waals surface area contributed by atoms with Gasteiger partial charge in [0, 0.05) is 18.4 Å². The summed E-state index contributed by atoms with van der Waals surface area (Å²) in [6, 6.07) is 0.104. The van der Waals surface area contributed by atoms with Gasteiger partial charge in [0.1, 0.15) is 11.4 Å². The van der Waals surface area contributed by atoms with E-state index in [-0.39, 0.29) is 16.6 Å². The lowest BCUT2D eigenvalue weighted by Crippen LogP contribution is -2.43. The van der Waals surface area contributed by atoms with Gasteiger partial charge in [-0.25, -0.2) is 17.9 Å². The van der Waals surface area contributed by atoms with Gasteiger partial charge in [0.25, 0.3) is 10.0 Å². The molecular weight excluding hydrogens is 373 g/mol. The van der Waals surface area contributed by atoms with Crippen molar-refractivity contribution in [3.63, 3.8) is 0 Å². The van der Waals surface area contributed by atoms with Crippen LogP contribution in [0.4, 0.5) is 23.7 Å². The zero-order valence-electron chi connectivity index (χ0n) is 14.0. The van der Waals surface area contributed by atoms with Crippen LogP contribution in [0.1, 0.15) is 38.5 Å². The van der Waals surface area contributed by atoms with E-state index in [0.717, 1.165) is 44.7 Å². The van der Waals surface area contributed by atoms with Gasteiger partial charge in [0.15, 0.2) is 0 Å². The largest absolute Gasteiger partial charge is 0.405 e. The van der Waals surface area contributed by atoms with Gasteiger partial charge in [-0.1, -0.05) is 25.7 Å². The van der Waals surface area contributed by atoms with E-state index in [4.69, 9.17) is 0 Å². The number of hydrogen-bond acceptors (Lipinski definition) is 5. The van der Waals surface area contributed by atoms with E-state index in [1.54, 1.807) is 4.72 Å². The molecule has 0 aliphatic heterocycles. The summed E-state index contributed by atoms with van der Waals surface area (Å²) >= 11 is 0. The summed E-state index contributed by atoms with van der Waals surface area (Å²) in [5, 5.41) is 4.62. The van der Waals surface area contributed by atoms with Gasteiger partial charge in [-0.15, -0.1) is 0 Å². The van der Waals surface area contributed by atoms with Crippen LogP contribution >= 0.6 is 0 Å². The summed E-state index contributed by atoms with van der Waals surface area (Å²) in [6.45, 7) is -1.63. The summed E-state index contributed by atoms with van der Waals surface area (Å²) in [4.78, 5) is 14.9. The first kappa shape index (κ1) is 20.3. The average Bonchev–Trinajstić information content (AvgIpc) is 2.81. The Kier molecular flexibility index (Phi) is 6.68. The minimum atomic E-state index is -4.64. The first-order valence-corrected chi connectivity index (χ1v) is 9.74. The van der Waals surface area contributed by atoms with Crippen molar-refractivity contribution >= 4 is 21.7 Å². The highest BCUT2D eigenvalue weighted by Crippen LogP contribution is 2.25. The topological polar surface area (TPSA) is 100 Å². The standard InChI is InChI=1S/C15H21F3N4O3S/c16-15(17,18)10-20-14(23)22-26(24,25)13-9-19-8-7-12(13)21-11-5-3-1-2-4-6-11/h7-9,11H,1-6,10H2,(H,19,21)(H2,20,22,23). The molecule has 1 aliphatic rings. The van der Waals surface area contributed by atoms with Crippen LogP contribution in [0.3, 0.4) is 0 Å². The molecule has 1 saturated carbocycles. The first-order chi connectivity index (χ1) is 12.2. The van der Waals surface area contributed by atoms with Gasteiger partial charge in [0.2, 0.25) is 0 Å². The second-order valence-electron chi connectivity index (χ2n) is 6.11. The molecule has 3 N–H and O–H groups in total. The molecule has 2 amide bonds. The van der Waals surface area contributed by atoms with E-state index in [0.29, 0.717) is 0 Å². The van der Waals surface area contributed by atoms with E-state index in [1.807, 2.05) is 0 Å². The van der Waals surface area contributed by atoms with E-state index in [2.05, 4.69) is 10.3 Å². The zero-order chi connectivity index (χ0) is 19.2. The number of nitrogens with one attached hydrogen (secondary N) is 3. The summed E-state index contributed by atoms with van der Waals surface area (Å²) in [5.74, 6) is 0. The fraction of sp³-hybridized carbons (Fsp3) is 0.600. The Hall–Kier alpha value is -2.04. The summed E-state index contributed by atoms with van der Waals surface area (Å²) in [7, 11) is -4.37. The van der Waals surface area contributed by atoms with Crippen molar-refractivity contribution < 1.29 is 26.4 Å². The van der Waals surface area contributed by atoms with E-state index >= 15 is 0 Å². The average molecular weight is 394 g/mol. The molecule has 1 fully saturated rings. The molecule has 0 bridgehead atoms. The number of amides is 2. The molecule has 7 nitrogen and oxygen atoms in total. The maximum absolute atomic E-state index is 12.4. The molecule has 0 saturated heterocycles. The van der Waals surface area contributed by atoms with Gasteiger partial charge in [-0.3, -0.25) is 4.98 Å². The van der Waals surface area contributed by atoms with Crippen LogP contribution in [0.2, 0.25) is 0 Å². The molecule has 2 rings (SSSR count). The number of nitrogens with zero attached hydrogens (tertiary/aromatic N) is 1. The SMILES string of the molecule is O=C(NCC(F)(F)F)NS(=O)(=O)c1cnccc1NC1CCCCCC1. The predicted molar refractivity (Wildman–Crippen MR) is 89.1 cm³/mol. The predicted octanol–water partition coefficient (Wildman–Crippen LogP) is 2.77. The van der Waals surface area contributed by atoms with Crippen LogP contribution in [0.15, 0.2) is 23.4 Å². The third kappa shape index (κ3) is 6.36. The minimum Gasteiger partial charge on any atom is -0.381 e. The Bertz CT molecular complexity index is 717. The lowest BCUT2D eigenvalue weighted by atomic mass is 10.1. The third-order valence-corrected chi connectivity index (χ3v) is 5.32. The fourth-order valence-electron chi connectivity index (χ4n) is 2.75. The highest BCUT2D eigenvalue weighted by molar-refractivity contribution is 7.90. The number of carbonyl (C=O) groups excluding carboxylic acids is 1. The molecule has 0 unspecified atom stereocenters. The number of pyridine rings is 1. The third-order valence-electron chi connectivity index (χ3n) is 3.97. The number of urea groups is 1. The molecular formula is C15H21F3N4O3S. The number of rotatable bonds is 5. The van der Waals surface area contributed by atoms with Crippen molar-refractivity contribution in [1.29, 1.82) is 0 Å². The summed E-state index contributed by atoms with van der Waals surface area (Å²) < 4.78 is 62.7. The van der Waals surface area contributed by atoms with Crippen LogP contribution in [-0.4, -0.2) is 38.2 Å². The van der Waals surface area contributed by atoms with Crippen LogP contribution in [0.25, 0.3) is 0 Å². The van der Waals surface area contributed by atoms with Crippen molar-refractivity contribution in [2.24, 2.45) is 0 Å². The number of anilines is 1. The number of aromatic nitrogens is 1. The smallest absolute Gasteiger partial charge is 0.381 e. The van der Waals surface area contributed by atoms with Crippen molar-refractivity contribution in [2.45, 2.75) is 55.6 Å². The Morgan fingerprint density at radius 1 is 1.19 bits per heavy atom.